The van der Waals surface area contributed by atoms with E-state index >= 15 is 0 Å². The van der Waals surface area contributed by atoms with Crippen LogP contribution in [0.1, 0.15) is 23.6 Å². The summed E-state index contributed by atoms with van der Waals surface area (Å²) in [6.07, 6.45) is -4.71. The fourth-order valence-electron chi connectivity index (χ4n) is 2.57. The lowest BCUT2D eigenvalue weighted by molar-refractivity contribution is -0.187. The summed E-state index contributed by atoms with van der Waals surface area (Å²) in [4.78, 5) is 11.7. The van der Waals surface area contributed by atoms with Gasteiger partial charge >= 0.3 is 12.1 Å². The van der Waals surface area contributed by atoms with Gasteiger partial charge in [-0.25, -0.2) is 5.01 Å². The Bertz CT molecular complexity index is 727. The Morgan fingerprint density at radius 2 is 1.57 bits per heavy atom. The largest absolute Gasteiger partial charge is 0.473 e. The summed E-state index contributed by atoms with van der Waals surface area (Å²) in [7, 11) is 0. The van der Waals surface area contributed by atoms with Crippen molar-refractivity contribution in [2.45, 2.75) is 18.6 Å². The van der Waals surface area contributed by atoms with Crippen molar-refractivity contribution in [2.75, 3.05) is 0 Å². The van der Waals surface area contributed by atoms with Crippen molar-refractivity contribution in [1.82, 2.24) is 5.01 Å². The lowest BCUT2D eigenvalue weighted by Crippen LogP contribution is -2.38. The molecule has 1 unspecified atom stereocenters. The lowest BCUT2D eigenvalue weighted by atomic mass is 9.98. The Morgan fingerprint density at radius 1 is 1.00 bits per heavy atom. The van der Waals surface area contributed by atoms with Gasteiger partial charge in [-0.05, 0) is 11.1 Å². The van der Waals surface area contributed by atoms with Crippen molar-refractivity contribution < 1.29 is 18.0 Å². The fraction of sp³-hybridized carbons (Fsp3) is 0.176. The van der Waals surface area contributed by atoms with Gasteiger partial charge in [-0.1, -0.05) is 60.7 Å². The van der Waals surface area contributed by atoms with Crippen LogP contribution in [-0.2, 0) is 4.79 Å². The Hall–Kier alpha value is -2.63. The number of halogens is 3. The summed E-state index contributed by atoms with van der Waals surface area (Å²) >= 11 is 0. The van der Waals surface area contributed by atoms with Gasteiger partial charge in [0.15, 0.2) is 0 Å². The van der Waals surface area contributed by atoms with E-state index in [4.69, 9.17) is 0 Å². The third-order valence-corrected chi connectivity index (χ3v) is 3.65. The van der Waals surface area contributed by atoms with E-state index in [0.29, 0.717) is 21.8 Å². The van der Waals surface area contributed by atoms with Crippen LogP contribution in [-0.4, -0.2) is 22.8 Å². The lowest BCUT2D eigenvalue weighted by Gasteiger charge is -2.22. The molecule has 0 radical (unpaired) electrons. The molecule has 3 nitrogen and oxygen atoms in total. The van der Waals surface area contributed by atoms with Crippen LogP contribution >= 0.6 is 0 Å². The van der Waals surface area contributed by atoms with Crippen LogP contribution < -0.4 is 0 Å². The smallest absolute Gasteiger partial charge is 0.262 e. The van der Waals surface area contributed by atoms with E-state index in [0.717, 1.165) is 0 Å². The van der Waals surface area contributed by atoms with Crippen molar-refractivity contribution in [1.29, 1.82) is 0 Å². The highest BCUT2D eigenvalue weighted by atomic mass is 19.4. The molecular weight excluding hydrogens is 305 g/mol. The summed E-state index contributed by atoms with van der Waals surface area (Å²) in [5.74, 6) is -1.95. The van der Waals surface area contributed by atoms with E-state index in [9.17, 15) is 18.0 Å². The Morgan fingerprint density at radius 3 is 2.13 bits per heavy atom. The van der Waals surface area contributed by atoms with Gasteiger partial charge in [-0.3, -0.25) is 4.79 Å². The van der Waals surface area contributed by atoms with Crippen LogP contribution in [0.5, 0.6) is 0 Å². The zero-order valence-corrected chi connectivity index (χ0v) is 12.0. The third kappa shape index (κ3) is 3.11. The monoisotopic (exact) mass is 318 g/mol. The number of carbonyl (C=O) groups excluding carboxylic acids is 1. The molecule has 3 rings (SSSR count). The molecule has 118 valence electrons. The molecule has 2 aromatic carbocycles. The van der Waals surface area contributed by atoms with E-state index in [1.807, 2.05) is 6.07 Å². The Balaban J connectivity index is 1.99. The number of hydrogen-bond donors (Lipinski definition) is 0. The van der Waals surface area contributed by atoms with Crippen molar-refractivity contribution in [3.8, 4) is 0 Å². The molecule has 0 aromatic heterocycles. The van der Waals surface area contributed by atoms with Crippen molar-refractivity contribution >= 4 is 11.6 Å². The van der Waals surface area contributed by atoms with Gasteiger partial charge in [0.25, 0.3) is 0 Å². The van der Waals surface area contributed by atoms with Gasteiger partial charge in [0.05, 0.1) is 11.8 Å². The molecule has 0 bridgehead atoms. The predicted molar refractivity (Wildman–Crippen MR) is 79.7 cm³/mol. The molecule has 0 fully saturated rings. The minimum Gasteiger partial charge on any atom is -0.262 e. The molecular formula is C17H13F3N2O. The molecule has 6 heteroatoms. The molecule has 23 heavy (non-hydrogen) atoms. The normalized spacial score (nSPS) is 18.0. The zero-order chi connectivity index (χ0) is 16.4. The van der Waals surface area contributed by atoms with E-state index in [1.54, 1.807) is 54.6 Å². The highest BCUT2D eigenvalue weighted by Gasteiger charge is 2.47. The maximum Gasteiger partial charge on any atom is 0.473 e. The van der Waals surface area contributed by atoms with Crippen LogP contribution in [0.4, 0.5) is 13.2 Å². The van der Waals surface area contributed by atoms with Crippen LogP contribution in [0.25, 0.3) is 0 Å². The fourth-order valence-corrected chi connectivity index (χ4v) is 2.57. The number of alkyl halides is 3. The first-order valence-corrected chi connectivity index (χ1v) is 7.05. The minimum absolute atomic E-state index is 0.246. The standard InChI is InChI=1S/C17H13F3N2O/c18-17(19,20)16(23)22-15(13-9-5-2-6-10-13)11-14(21-22)12-7-3-1-4-8-12/h1-10,15H,11H2. The molecule has 0 N–H and O–H groups in total. The maximum atomic E-state index is 12.9. The van der Waals surface area contributed by atoms with Crippen molar-refractivity contribution in [2.24, 2.45) is 5.10 Å². The molecule has 1 aliphatic heterocycles. The number of hydrogen-bond acceptors (Lipinski definition) is 2. The maximum absolute atomic E-state index is 12.9. The highest BCUT2D eigenvalue weighted by molar-refractivity contribution is 6.03. The van der Waals surface area contributed by atoms with Gasteiger partial charge in [-0.15, -0.1) is 0 Å². The van der Waals surface area contributed by atoms with Gasteiger partial charge < -0.3 is 0 Å². The molecule has 1 atom stereocenters. The van der Waals surface area contributed by atoms with Gasteiger partial charge in [-0.2, -0.15) is 18.3 Å². The summed E-state index contributed by atoms with van der Waals surface area (Å²) in [6, 6.07) is 16.8. The topological polar surface area (TPSA) is 32.7 Å². The second-order valence-corrected chi connectivity index (χ2v) is 5.19. The number of benzene rings is 2. The highest BCUT2D eigenvalue weighted by Crippen LogP contribution is 2.35. The van der Waals surface area contributed by atoms with E-state index in [2.05, 4.69) is 5.10 Å². The molecule has 1 amide bonds. The van der Waals surface area contributed by atoms with E-state index in [1.165, 1.54) is 0 Å². The molecule has 0 saturated carbocycles. The number of hydrazone groups is 1. The number of rotatable bonds is 2. The predicted octanol–water partition coefficient (Wildman–Crippen LogP) is 3.93. The van der Waals surface area contributed by atoms with Crippen LogP contribution in [0, 0.1) is 0 Å². The first-order valence-electron chi connectivity index (χ1n) is 7.05. The second-order valence-electron chi connectivity index (χ2n) is 5.19. The van der Waals surface area contributed by atoms with Crippen LogP contribution in [0.15, 0.2) is 65.8 Å². The van der Waals surface area contributed by atoms with Gasteiger partial charge in [0, 0.05) is 6.42 Å². The van der Waals surface area contributed by atoms with Crippen molar-refractivity contribution in [3.63, 3.8) is 0 Å². The van der Waals surface area contributed by atoms with E-state index < -0.39 is 18.1 Å². The molecule has 0 saturated heterocycles. The average Bonchev–Trinajstić information content (AvgIpc) is 3.00. The Kier molecular flexibility index (Phi) is 3.90. The van der Waals surface area contributed by atoms with Gasteiger partial charge in [0.1, 0.15) is 0 Å². The summed E-state index contributed by atoms with van der Waals surface area (Å²) < 4.78 is 38.6. The van der Waals surface area contributed by atoms with Crippen LogP contribution in [0.2, 0.25) is 0 Å². The first-order chi connectivity index (χ1) is 11.0. The Labute approximate surface area is 131 Å². The van der Waals surface area contributed by atoms with Crippen molar-refractivity contribution in [3.05, 3.63) is 71.8 Å². The van der Waals surface area contributed by atoms with Crippen LogP contribution in [0.3, 0.4) is 0 Å². The molecule has 0 spiro atoms. The molecule has 2 aromatic rings. The summed E-state index contributed by atoms with van der Waals surface area (Å²) in [5.41, 5.74) is 1.81. The number of carbonyl (C=O) groups is 1. The molecule has 1 aliphatic rings. The zero-order valence-electron chi connectivity index (χ0n) is 12.0. The third-order valence-electron chi connectivity index (χ3n) is 3.65. The average molecular weight is 318 g/mol. The number of nitrogens with zero attached hydrogens (tertiary/aromatic N) is 2. The minimum atomic E-state index is -4.96. The second kappa shape index (κ2) is 5.87. The molecule has 1 heterocycles. The number of amides is 1. The van der Waals surface area contributed by atoms with Gasteiger partial charge in [0.2, 0.25) is 0 Å². The first kappa shape index (κ1) is 15.3. The summed E-state index contributed by atoms with van der Waals surface area (Å²) in [6.45, 7) is 0. The SMILES string of the molecule is O=C(N1N=C(c2ccccc2)CC1c1ccccc1)C(F)(F)F. The summed E-state index contributed by atoms with van der Waals surface area (Å²) in [5, 5.41) is 4.52. The van der Waals surface area contributed by atoms with E-state index in [-0.39, 0.29) is 6.42 Å². The molecule has 0 aliphatic carbocycles. The quantitative estimate of drug-likeness (QED) is 0.826.